The Morgan fingerprint density at radius 1 is 1.23 bits per heavy atom. The van der Waals surface area contributed by atoms with Gasteiger partial charge < -0.3 is 10.2 Å². The Morgan fingerprint density at radius 2 is 1.91 bits per heavy atom. The molecule has 0 aliphatic heterocycles. The van der Waals surface area contributed by atoms with Crippen LogP contribution in [0.1, 0.15) is 10.4 Å². The average Bonchev–Trinajstić information content (AvgIpc) is 2.42. The molecule has 0 unspecified atom stereocenters. The summed E-state index contributed by atoms with van der Waals surface area (Å²) in [6.45, 7) is 0. The highest BCUT2D eigenvalue weighted by Crippen LogP contribution is 2.33. The molecule has 0 aromatic heterocycles. The summed E-state index contributed by atoms with van der Waals surface area (Å²) >= 11 is 5.78. The zero-order chi connectivity index (χ0) is 16.5. The van der Waals surface area contributed by atoms with Crippen LogP contribution in [-0.2, 0) is 10.0 Å². The third-order valence-electron chi connectivity index (χ3n) is 2.66. The molecule has 0 amide bonds. The number of nitrogens with one attached hydrogen (secondary N) is 1. The molecule has 6 nitrogen and oxygen atoms in total. The number of carboxylic acid groups (broad SMARTS) is 1. The van der Waals surface area contributed by atoms with Gasteiger partial charge in [-0.25, -0.2) is 17.6 Å². The zero-order valence-electron chi connectivity index (χ0n) is 10.7. The van der Waals surface area contributed by atoms with Crippen LogP contribution in [0.4, 0.5) is 10.1 Å². The molecule has 0 spiro atoms. The number of anilines is 1. The van der Waals surface area contributed by atoms with E-state index in [0.717, 1.165) is 6.07 Å². The molecule has 9 heteroatoms. The topological polar surface area (TPSA) is 104 Å². The van der Waals surface area contributed by atoms with Gasteiger partial charge in [0.25, 0.3) is 10.0 Å². The summed E-state index contributed by atoms with van der Waals surface area (Å²) in [7, 11) is -4.33. The second-order valence-corrected chi connectivity index (χ2v) is 6.31. The number of aromatic carboxylic acids is 1. The number of benzene rings is 2. The third-order valence-corrected chi connectivity index (χ3v) is 4.30. The number of rotatable bonds is 4. The van der Waals surface area contributed by atoms with Crippen LogP contribution in [0.2, 0.25) is 5.02 Å². The Balaban J connectivity index is 2.50. The summed E-state index contributed by atoms with van der Waals surface area (Å²) < 4.78 is 39.8. The monoisotopic (exact) mass is 345 g/mol. The molecule has 0 heterocycles. The number of phenolic OH excluding ortho intramolecular Hbond substituents is 1. The van der Waals surface area contributed by atoms with Gasteiger partial charge in [-0.3, -0.25) is 4.72 Å². The Bertz CT molecular complexity index is 833. The fourth-order valence-corrected chi connectivity index (χ4v) is 3.07. The van der Waals surface area contributed by atoms with E-state index in [4.69, 9.17) is 16.7 Å². The first-order valence-electron chi connectivity index (χ1n) is 5.75. The molecule has 116 valence electrons. The SMILES string of the molecule is O=C(O)c1cc(F)cc(S(=O)(=O)Nc2c(O)cccc2Cl)c1. The fourth-order valence-electron chi connectivity index (χ4n) is 1.65. The van der Waals surface area contributed by atoms with Crippen molar-refractivity contribution < 1.29 is 27.8 Å². The van der Waals surface area contributed by atoms with Gasteiger partial charge in [0.15, 0.2) is 0 Å². The number of hydrogen-bond acceptors (Lipinski definition) is 4. The van der Waals surface area contributed by atoms with Crippen molar-refractivity contribution in [2.45, 2.75) is 4.90 Å². The summed E-state index contributed by atoms with van der Waals surface area (Å²) in [6, 6.07) is 6.09. The Morgan fingerprint density at radius 3 is 2.50 bits per heavy atom. The van der Waals surface area contributed by atoms with E-state index in [-0.39, 0.29) is 10.7 Å². The second kappa shape index (κ2) is 5.82. The van der Waals surface area contributed by atoms with Crippen LogP contribution >= 0.6 is 11.6 Å². The molecule has 0 saturated carbocycles. The molecule has 2 rings (SSSR count). The number of hydrogen-bond donors (Lipinski definition) is 3. The van der Waals surface area contributed by atoms with Gasteiger partial charge >= 0.3 is 5.97 Å². The van der Waals surface area contributed by atoms with Crippen LogP contribution in [0.25, 0.3) is 0 Å². The lowest BCUT2D eigenvalue weighted by Crippen LogP contribution is -2.14. The van der Waals surface area contributed by atoms with Gasteiger partial charge in [-0.2, -0.15) is 0 Å². The highest BCUT2D eigenvalue weighted by molar-refractivity contribution is 7.92. The van der Waals surface area contributed by atoms with Crippen LogP contribution in [0.15, 0.2) is 41.3 Å². The molecule has 0 atom stereocenters. The number of halogens is 2. The van der Waals surface area contributed by atoms with Crippen molar-refractivity contribution >= 4 is 33.3 Å². The molecule has 2 aromatic carbocycles. The van der Waals surface area contributed by atoms with Crippen molar-refractivity contribution in [3.8, 4) is 5.75 Å². The smallest absolute Gasteiger partial charge is 0.335 e. The van der Waals surface area contributed by atoms with Gasteiger partial charge in [-0.1, -0.05) is 17.7 Å². The first kappa shape index (κ1) is 16.1. The van der Waals surface area contributed by atoms with Gasteiger partial charge in [0.05, 0.1) is 15.5 Å². The third kappa shape index (κ3) is 3.29. The number of carbonyl (C=O) groups is 1. The van der Waals surface area contributed by atoms with Gasteiger partial charge in [0.2, 0.25) is 0 Å². The minimum Gasteiger partial charge on any atom is -0.506 e. The van der Waals surface area contributed by atoms with Gasteiger partial charge in [0.1, 0.15) is 17.3 Å². The summed E-state index contributed by atoms with van der Waals surface area (Å²) in [4.78, 5) is 10.2. The highest BCUT2D eigenvalue weighted by atomic mass is 35.5. The average molecular weight is 346 g/mol. The maximum absolute atomic E-state index is 13.4. The minimum absolute atomic E-state index is 0.0709. The van der Waals surface area contributed by atoms with E-state index in [1.165, 1.54) is 18.2 Å². The molecule has 0 bridgehead atoms. The quantitative estimate of drug-likeness (QED) is 0.739. The Hall–Kier alpha value is -2.32. The van der Waals surface area contributed by atoms with E-state index in [9.17, 15) is 22.7 Å². The molecular formula is C13H9ClFNO5S. The molecule has 0 radical (unpaired) electrons. The number of phenols is 1. The summed E-state index contributed by atoms with van der Waals surface area (Å²) in [5.74, 6) is -2.92. The van der Waals surface area contributed by atoms with Crippen molar-refractivity contribution in [2.24, 2.45) is 0 Å². The lowest BCUT2D eigenvalue weighted by atomic mass is 10.2. The Kier molecular flexibility index (Phi) is 4.25. The van der Waals surface area contributed by atoms with Crippen molar-refractivity contribution in [3.63, 3.8) is 0 Å². The van der Waals surface area contributed by atoms with E-state index in [1.807, 2.05) is 4.72 Å². The molecule has 0 fully saturated rings. The molecule has 0 aliphatic rings. The summed E-state index contributed by atoms with van der Waals surface area (Å²) in [5.41, 5.74) is -0.811. The predicted octanol–water partition coefficient (Wildman–Crippen LogP) is 2.68. The Labute approximate surface area is 129 Å². The van der Waals surface area contributed by atoms with Crippen molar-refractivity contribution in [1.29, 1.82) is 0 Å². The van der Waals surface area contributed by atoms with Crippen LogP contribution in [0, 0.1) is 5.82 Å². The van der Waals surface area contributed by atoms with E-state index < -0.39 is 38.0 Å². The molecule has 0 aliphatic carbocycles. The van der Waals surface area contributed by atoms with Gasteiger partial charge in [-0.15, -0.1) is 0 Å². The number of para-hydroxylation sites is 1. The molecule has 2 aromatic rings. The first-order chi connectivity index (χ1) is 10.2. The normalized spacial score (nSPS) is 11.2. The molecular weight excluding hydrogens is 337 g/mol. The van der Waals surface area contributed by atoms with Crippen molar-refractivity contribution in [2.75, 3.05) is 4.72 Å². The number of sulfonamides is 1. The van der Waals surface area contributed by atoms with Crippen LogP contribution < -0.4 is 4.72 Å². The maximum atomic E-state index is 13.4. The lowest BCUT2D eigenvalue weighted by molar-refractivity contribution is 0.0696. The van der Waals surface area contributed by atoms with Crippen LogP contribution in [0.5, 0.6) is 5.75 Å². The van der Waals surface area contributed by atoms with Gasteiger partial charge in [0, 0.05) is 0 Å². The van der Waals surface area contributed by atoms with E-state index >= 15 is 0 Å². The summed E-state index contributed by atoms with van der Waals surface area (Å²) in [6.07, 6.45) is 0. The highest BCUT2D eigenvalue weighted by Gasteiger charge is 2.21. The largest absolute Gasteiger partial charge is 0.506 e. The second-order valence-electron chi connectivity index (χ2n) is 4.22. The predicted molar refractivity (Wildman–Crippen MR) is 77.3 cm³/mol. The van der Waals surface area contributed by atoms with Crippen molar-refractivity contribution in [1.82, 2.24) is 0 Å². The van der Waals surface area contributed by atoms with Crippen molar-refractivity contribution in [3.05, 3.63) is 52.8 Å². The number of aromatic hydroxyl groups is 1. The lowest BCUT2D eigenvalue weighted by Gasteiger charge is -2.11. The zero-order valence-corrected chi connectivity index (χ0v) is 12.3. The van der Waals surface area contributed by atoms with E-state index in [1.54, 1.807) is 0 Å². The van der Waals surface area contributed by atoms with Gasteiger partial charge in [-0.05, 0) is 30.3 Å². The number of carboxylic acids is 1. The summed E-state index contributed by atoms with van der Waals surface area (Å²) in [5, 5.41) is 18.4. The molecule has 0 saturated heterocycles. The standard InChI is InChI=1S/C13H9ClFNO5S/c14-10-2-1-3-11(17)12(10)16-22(20,21)9-5-7(13(18)19)4-8(15)6-9/h1-6,16-17H,(H,18,19). The maximum Gasteiger partial charge on any atom is 0.335 e. The first-order valence-corrected chi connectivity index (χ1v) is 7.61. The molecule has 3 N–H and O–H groups in total. The van der Waals surface area contributed by atoms with Crippen LogP contribution in [0.3, 0.4) is 0 Å². The van der Waals surface area contributed by atoms with Crippen LogP contribution in [-0.4, -0.2) is 24.6 Å². The molecule has 22 heavy (non-hydrogen) atoms. The van der Waals surface area contributed by atoms with E-state index in [2.05, 4.69) is 0 Å². The van der Waals surface area contributed by atoms with E-state index in [0.29, 0.717) is 12.1 Å². The minimum atomic E-state index is -4.33. The fraction of sp³-hybridized carbons (Fsp3) is 0.